The van der Waals surface area contributed by atoms with Crippen LogP contribution in [0.1, 0.15) is 16.1 Å². The molecular formula is C13H8ClN3O. The molecule has 1 aromatic heterocycles. The van der Waals surface area contributed by atoms with Crippen molar-refractivity contribution in [3.05, 3.63) is 52.8 Å². The number of pyridine rings is 1. The Labute approximate surface area is 109 Å². The van der Waals surface area contributed by atoms with Gasteiger partial charge in [-0.3, -0.25) is 9.78 Å². The summed E-state index contributed by atoms with van der Waals surface area (Å²) in [5.41, 5.74) is 7.35. The summed E-state index contributed by atoms with van der Waals surface area (Å²) in [6.45, 7) is 0. The molecule has 4 nitrogen and oxygen atoms in total. The lowest BCUT2D eigenvalue weighted by Gasteiger charge is -2.03. The van der Waals surface area contributed by atoms with Gasteiger partial charge in [-0.05, 0) is 23.8 Å². The molecule has 2 aromatic rings. The molecule has 18 heavy (non-hydrogen) atoms. The number of hydrogen-bond donors (Lipinski definition) is 1. The summed E-state index contributed by atoms with van der Waals surface area (Å²) in [6.07, 6.45) is 1.54. The summed E-state index contributed by atoms with van der Waals surface area (Å²) >= 11 is 5.94. The van der Waals surface area contributed by atoms with Crippen LogP contribution in [0.25, 0.3) is 11.1 Å². The minimum atomic E-state index is -0.570. The number of primary amides is 1. The Kier molecular flexibility index (Phi) is 3.26. The quantitative estimate of drug-likeness (QED) is 0.897. The van der Waals surface area contributed by atoms with Crippen LogP contribution in [0.2, 0.25) is 5.02 Å². The van der Waals surface area contributed by atoms with E-state index in [1.165, 1.54) is 6.20 Å². The number of nitrogens with two attached hydrogens (primary N) is 1. The van der Waals surface area contributed by atoms with Crippen molar-refractivity contribution in [1.82, 2.24) is 4.98 Å². The lowest BCUT2D eigenvalue weighted by Crippen LogP contribution is -2.12. The molecule has 0 spiro atoms. The van der Waals surface area contributed by atoms with Crippen molar-refractivity contribution in [3.63, 3.8) is 0 Å². The Balaban J connectivity index is 2.40. The maximum atomic E-state index is 10.9. The second-order valence-corrected chi connectivity index (χ2v) is 4.01. The van der Waals surface area contributed by atoms with Crippen molar-refractivity contribution in [2.24, 2.45) is 5.73 Å². The predicted molar refractivity (Wildman–Crippen MR) is 67.9 cm³/mol. The van der Waals surface area contributed by atoms with Crippen LogP contribution in [0.4, 0.5) is 0 Å². The van der Waals surface area contributed by atoms with Gasteiger partial charge in [-0.15, -0.1) is 0 Å². The van der Waals surface area contributed by atoms with Gasteiger partial charge in [-0.2, -0.15) is 5.26 Å². The maximum absolute atomic E-state index is 10.9. The van der Waals surface area contributed by atoms with E-state index in [9.17, 15) is 4.79 Å². The summed E-state index contributed by atoms with van der Waals surface area (Å²) in [7, 11) is 0. The van der Waals surface area contributed by atoms with E-state index in [4.69, 9.17) is 22.6 Å². The SMILES string of the molecule is N#Cc1ccc(-c2ccc(C(N)=O)nc2)cc1Cl. The van der Waals surface area contributed by atoms with Crippen LogP contribution in [0.5, 0.6) is 0 Å². The molecule has 1 heterocycles. The fourth-order valence-electron chi connectivity index (χ4n) is 1.50. The highest BCUT2D eigenvalue weighted by atomic mass is 35.5. The van der Waals surface area contributed by atoms with Crippen molar-refractivity contribution in [3.8, 4) is 17.2 Å². The Bertz CT molecular complexity index is 644. The van der Waals surface area contributed by atoms with Crippen molar-refractivity contribution < 1.29 is 4.79 Å². The van der Waals surface area contributed by atoms with Gasteiger partial charge in [-0.1, -0.05) is 23.7 Å². The number of benzene rings is 1. The minimum absolute atomic E-state index is 0.207. The molecule has 5 heteroatoms. The van der Waals surface area contributed by atoms with E-state index in [1.807, 2.05) is 6.07 Å². The zero-order chi connectivity index (χ0) is 13.1. The molecule has 0 aliphatic heterocycles. The van der Waals surface area contributed by atoms with Crippen molar-refractivity contribution >= 4 is 17.5 Å². The molecule has 0 radical (unpaired) electrons. The fourth-order valence-corrected chi connectivity index (χ4v) is 1.72. The van der Waals surface area contributed by atoms with Crippen LogP contribution >= 0.6 is 11.6 Å². The van der Waals surface area contributed by atoms with Crippen LogP contribution < -0.4 is 5.73 Å². The molecule has 0 fully saturated rings. The summed E-state index contributed by atoms with van der Waals surface area (Å²) in [5.74, 6) is -0.570. The zero-order valence-corrected chi connectivity index (χ0v) is 9.98. The molecule has 0 atom stereocenters. The predicted octanol–water partition coefficient (Wildman–Crippen LogP) is 2.37. The normalized spacial score (nSPS) is 9.78. The highest BCUT2D eigenvalue weighted by Gasteiger charge is 2.05. The summed E-state index contributed by atoms with van der Waals surface area (Å²) in [5, 5.41) is 9.16. The van der Waals surface area contributed by atoms with Crippen LogP contribution in [0.15, 0.2) is 36.5 Å². The van der Waals surface area contributed by atoms with E-state index in [2.05, 4.69) is 4.98 Å². The van der Waals surface area contributed by atoms with E-state index in [1.54, 1.807) is 30.3 Å². The number of nitrogens with zero attached hydrogens (tertiary/aromatic N) is 2. The maximum Gasteiger partial charge on any atom is 0.267 e. The van der Waals surface area contributed by atoms with Crippen molar-refractivity contribution in [2.45, 2.75) is 0 Å². The van der Waals surface area contributed by atoms with E-state index in [0.29, 0.717) is 10.6 Å². The van der Waals surface area contributed by atoms with Gasteiger partial charge in [0.25, 0.3) is 5.91 Å². The molecule has 88 valence electrons. The lowest BCUT2D eigenvalue weighted by atomic mass is 10.1. The lowest BCUT2D eigenvalue weighted by molar-refractivity contribution is 0.0995. The van der Waals surface area contributed by atoms with Crippen LogP contribution in [-0.4, -0.2) is 10.9 Å². The highest BCUT2D eigenvalue weighted by Crippen LogP contribution is 2.24. The molecule has 0 unspecified atom stereocenters. The Morgan fingerprint density at radius 2 is 2.00 bits per heavy atom. The first-order valence-electron chi connectivity index (χ1n) is 5.07. The fraction of sp³-hybridized carbons (Fsp3) is 0. The molecule has 0 aliphatic rings. The molecule has 2 rings (SSSR count). The highest BCUT2D eigenvalue weighted by molar-refractivity contribution is 6.32. The first-order valence-corrected chi connectivity index (χ1v) is 5.45. The first kappa shape index (κ1) is 12.1. The number of carbonyl (C=O) groups excluding carboxylic acids is 1. The first-order chi connectivity index (χ1) is 8.61. The molecule has 2 N–H and O–H groups in total. The van der Waals surface area contributed by atoms with Crippen molar-refractivity contribution in [2.75, 3.05) is 0 Å². The number of aromatic nitrogens is 1. The Morgan fingerprint density at radius 3 is 2.50 bits per heavy atom. The van der Waals surface area contributed by atoms with Gasteiger partial charge < -0.3 is 5.73 Å². The molecule has 0 saturated carbocycles. The van der Waals surface area contributed by atoms with E-state index in [-0.39, 0.29) is 5.69 Å². The van der Waals surface area contributed by atoms with Gasteiger partial charge in [0.2, 0.25) is 0 Å². The average Bonchev–Trinajstić information content (AvgIpc) is 2.38. The third-order valence-corrected chi connectivity index (χ3v) is 2.75. The molecule has 0 saturated heterocycles. The number of rotatable bonds is 2. The van der Waals surface area contributed by atoms with E-state index in [0.717, 1.165) is 11.1 Å². The number of nitriles is 1. The summed E-state index contributed by atoms with van der Waals surface area (Å²) in [4.78, 5) is 14.8. The third-order valence-electron chi connectivity index (χ3n) is 2.44. The largest absolute Gasteiger partial charge is 0.364 e. The van der Waals surface area contributed by atoms with Crippen molar-refractivity contribution in [1.29, 1.82) is 5.26 Å². The van der Waals surface area contributed by atoms with Gasteiger partial charge in [0.05, 0.1) is 10.6 Å². The minimum Gasteiger partial charge on any atom is -0.364 e. The average molecular weight is 258 g/mol. The van der Waals surface area contributed by atoms with Crippen LogP contribution in [0, 0.1) is 11.3 Å². The number of amides is 1. The number of hydrogen-bond acceptors (Lipinski definition) is 3. The van der Waals surface area contributed by atoms with Crippen LogP contribution in [-0.2, 0) is 0 Å². The second kappa shape index (κ2) is 4.86. The zero-order valence-electron chi connectivity index (χ0n) is 9.22. The summed E-state index contributed by atoms with van der Waals surface area (Å²) in [6, 6.07) is 10.4. The standard InChI is InChI=1S/C13H8ClN3O/c14-11-5-8(1-2-9(11)6-15)10-3-4-12(13(16)18)17-7-10/h1-5,7H,(H2,16,18). The van der Waals surface area contributed by atoms with E-state index < -0.39 is 5.91 Å². The van der Waals surface area contributed by atoms with Gasteiger partial charge in [0.15, 0.2) is 0 Å². The third kappa shape index (κ3) is 2.31. The number of halogens is 1. The Morgan fingerprint density at radius 1 is 1.28 bits per heavy atom. The molecule has 1 amide bonds. The molecule has 0 aliphatic carbocycles. The smallest absolute Gasteiger partial charge is 0.267 e. The molecule has 0 bridgehead atoms. The second-order valence-electron chi connectivity index (χ2n) is 3.60. The van der Waals surface area contributed by atoms with Gasteiger partial charge in [0.1, 0.15) is 11.8 Å². The topological polar surface area (TPSA) is 79.8 Å². The molecular weight excluding hydrogens is 250 g/mol. The Hall–Kier alpha value is -2.38. The summed E-state index contributed by atoms with van der Waals surface area (Å²) < 4.78 is 0. The molecule has 1 aromatic carbocycles. The number of carbonyl (C=O) groups is 1. The van der Waals surface area contributed by atoms with Gasteiger partial charge in [-0.25, -0.2) is 0 Å². The monoisotopic (exact) mass is 257 g/mol. The van der Waals surface area contributed by atoms with Crippen LogP contribution in [0.3, 0.4) is 0 Å². The van der Waals surface area contributed by atoms with Gasteiger partial charge in [0, 0.05) is 11.8 Å². The van der Waals surface area contributed by atoms with E-state index >= 15 is 0 Å². The van der Waals surface area contributed by atoms with Gasteiger partial charge >= 0.3 is 0 Å².